The fourth-order valence-corrected chi connectivity index (χ4v) is 3.61. The Hall–Kier alpha value is -2.43. The molecule has 0 saturated heterocycles. The van der Waals surface area contributed by atoms with Gasteiger partial charge in [0.05, 0.1) is 14.2 Å². The summed E-state index contributed by atoms with van der Waals surface area (Å²) < 4.78 is 39.9. The van der Waals surface area contributed by atoms with Gasteiger partial charge in [0.15, 0.2) is 35.4 Å². The summed E-state index contributed by atoms with van der Waals surface area (Å²) in [5, 5.41) is 0. The van der Waals surface area contributed by atoms with Crippen molar-refractivity contribution in [2.75, 3.05) is 20.8 Å². The molecule has 0 aliphatic carbocycles. The Morgan fingerprint density at radius 3 is 2.31 bits per heavy atom. The number of nitrogens with zero attached hydrogens (tertiary/aromatic N) is 1. The highest BCUT2D eigenvalue weighted by atomic mass is 19.2. The largest absolute Gasteiger partial charge is 0.493 e. The van der Waals surface area contributed by atoms with Crippen molar-refractivity contribution in [1.29, 1.82) is 0 Å². The minimum absolute atomic E-state index is 0.275. The van der Waals surface area contributed by atoms with Crippen LogP contribution in [0.15, 0.2) is 30.3 Å². The zero-order valence-corrected chi connectivity index (χ0v) is 15.6. The van der Waals surface area contributed by atoms with Gasteiger partial charge in [-0.3, -0.25) is 0 Å². The molecule has 26 heavy (non-hydrogen) atoms. The van der Waals surface area contributed by atoms with E-state index >= 15 is 0 Å². The van der Waals surface area contributed by atoms with Crippen molar-refractivity contribution in [1.82, 2.24) is 0 Å². The van der Waals surface area contributed by atoms with Gasteiger partial charge in [-0.25, -0.2) is 13.4 Å². The van der Waals surface area contributed by atoms with Crippen molar-refractivity contribution in [3.8, 4) is 11.5 Å². The Labute approximate surface area is 152 Å². The van der Waals surface area contributed by atoms with Crippen LogP contribution in [0.25, 0.3) is 0 Å². The first-order chi connectivity index (χ1) is 12.4. The summed E-state index contributed by atoms with van der Waals surface area (Å²) in [6, 6.07) is 8.15. The maximum atomic E-state index is 13.6. The van der Waals surface area contributed by atoms with Gasteiger partial charge >= 0.3 is 0 Å². The maximum absolute atomic E-state index is 13.6. The number of halogens is 2. The number of benzene rings is 2. The molecule has 0 N–H and O–H groups in total. The molecule has 138 valence electrons. The number of rotatable bonds is 5. The van der Waals surface area contributed by atoms with Gasteiger partial charge < -0.3 is 9.47 Å². The molecule has 2 aromatic carbocycles. The molecule has 1 aliphatic rings. The number of ether oxygens (including phenoxy) is 2. The van der Waals surface area contributed by atoms with Crippen LogP contribution in [0.3, 0.4) is 0 Å². The molecule has 0 radical (unpaired) electrons. The molecular weight excluding hydrogens is 336 g/mol. The van der Waals surface area contributed by atoms with Gasteiger partial charge in [-0.15, -0.1) is 0 Å². The van der Waals surface area contributed by atoms with Crippen molar-refractivity contribution in [2.45, 2.75) is 26.8 Å². The molecule has 3 nitrogen and oxygen atoms in total. The molecule has 0 aromatic heterocycles. The molecular formula is C21H24F2NO2+. The topological polar surface area (TPSA) is 21.5 Å². The molecule has 1 aliphatic heterocycles. The zero-order chi connectivity index (χ0) is 18.8. The minimum atomic E-state index is -0.817. The molecule has 0 fully saturated rings. The van der Waals surface area contributed by atoms with Crippen LogP contribution >= 0.6 is 0 Å². The lowest BCUT2D eigenvalue weighted by Gasteiger charge is -2.22. The monoisotopic (exact) mass is 360 g/mol. The standard InChI is InChI=1S/C21H24F2NO2/c1-13(2)21-16-11-20(26-4)19(25-3)10-15(16)7-8-24(21)12-14-5-6-17(22)18(23)9-14/h5-6,9-11,13H,7-8,12H2,1-4H3/q+1. The van der Waals surface area contributed by atoms with Gasteiger partial charge in [0, 0.05) is 23.5 Å². The highest BCUT2D eigenvalue weighted by Gasteiger charge is 2.30. The third-order valence-corrected chi connectivity index (χ3v) is 4.78. The average molecular weight is 360 g/mol. The van der Waals surface area contributed by atoms with Crippen molar-refractivity contribution in [3.05, 3.63) is 58.7 Å². The molecule has 3 rings (SSSR count). The van der Waals surface area contributed by atoms with E-state index in [9.17, 15) is 8.78 Å². The maximum Gasteiger partial charge on any atom is 0.186 e. The lowest BCUT2D eigenvalue weighted by Crippen LogP contribution is -2.33. The average Bonchev–Trinajstić information content (AvgIpc) is 2.63. The first kappa shape index (κ1) is 18.4. The lowest BCUT2D eigenvalue weighted by molar-refractivity contribution is -0.546. The smallest absolute Gasteiger partial charge is 0.186 e. The molecule has 0 atom stereocenters. The van der Waals surface area contributed by atoms with E-state index in [1.807, 2.05) is 12.1 Å². The van der Waals surface area contributed by atoms with Crippen LogP contribution in [-0.4, -0.2) is 31.1 Å². The second kappa shape index (κ2) is 7.44. The van der Waals surface area contributed by atoms with Crippen LogP contribution in [-0.2, 0) is 13.0 Å². The number of methoxy groups -OCH3 is 2. The Morgan fingerprint density at radius 1 is 1.00 bits per heavy atom. The van der Waals surface area contributed by atoms with Gasteiger partial charge in [0.2, 0.25) is 0 Å². The Kier molecular flexibility index (Phi) is 5.25. The predicted molar refractivity (Wildman–Crippen MR) is 97.4 cm³/mol. The summed E-state index contributed by atoms with van der Waals surface area (Å²) in [5.41, 5.74) is 4.28. The van der Waals surface area contributed by atoms with Gasteiger partial charge in [0.1, 0.15) is 6.54 Å². The number of fused-ring (bicyclic) bond motifs is 1. The SMILES string of the molecule is COc1cc2c(cc1OC)C(C(C)C)=[N+](Cc1ccc(F)c(F)c1)CC2. The van der Waals surface area contributed by atoms with Crippen molar-refractivity contribution in [3.63, 3.8) is 0 Å². The fourth-order valence-electron chi connectivity index (χ4n) is 3.61. The number of hydrogen-bond donors (Lipinski definition) is 0. The van der Waals surface area contributed by atoms with Gasteiger partial charge in [-0.1, -0.05) is 13.8 Å². The van der Waals surface area contributed by atoms with Crippen LogP contribution in [0, 0.1) is 17.6 Å². The van der Waals surface area contributed by atoms with Gasteiger partial charge in [0.25, 0.3) is 0 Å². The molecule has 5 heteroatoms. The van der Waals surface area contributed by atoms with Gasteiger partial charge in [-0.05, 0) is 35.9 Å². The van der Waals surface area contributed by atoms with E-state index in [-0.39, 0.29) is 5.92 Å². The Bertz CT molecular complexity index is 859. The van der Waals surface area contributed by atoms with E-state index in [1.54, 1.807) is 20.3 Å². The van der Waals surface area contributed by atoms with Crippen molar-refractivity contribution < 1.29 is 22.8 Å². The highest BCUT2D eigenvalue weighted by molar-refractivity contribution is 6.00. The van der Waals surface area contributed by atoms with Crippen molar-refractivity contribution >= 4 is 5.71 Å². The summed E-state index contributed by atoms with van der Waals surface area (Å²) in [4.78, 5) is 0. The summed E-state index contributed by atoms with van der Waals surface area (Å²) in [7, 11) is 3.26. The normalized spacial score (nSPS) is 13.8. The summed E-state index contributed by atoms with van der Waals surface area (Å²) in [6.45, 7) is 5.63. The quantitative estimate of drug-likeness (QED) is 0.746. The summed E-state index contributed by atoms with van der Waals surface area (Å²) >= 11 is 0. The van der Waals surface area contributed by atoms with Crippen LogP contribution < -0.4 is 9.47 Å². The highest BCUT2D eigenvalue weighted by Crippen LogP contribution is 2.33. The third kappa shape index (κ3) is 3.43. The Balaban J connectivity index is 2.07. The van der Waals surface area contributed by atoms with Crippen LogP contribution in [0.5, 0.6) is 11.5 Å². The second-order valence-corrected chi connectivity index (χ2v) is 6.82. The first-order valence-corrected chi connectivity index (χ1v) is 8.75. The second-order valence-electron chi connectivity index (χ2n) is 6.82. The molecule has 0 unspecified atom stereocenters. The van der Waals surface area contributed by atoms with Crippen LogP contribution in [0.4, 0.5) is 8.78 Å². The molecule has 1 heterocycles. The zero-order valence-electron chi connectivity index (χ0n) is 15.6. The fraction of sp³-hybridized carbons (Fsp3) is 0.381. The van der Waals surface area contributed by atoms with E-state index in [0.29, 0.717) is 12.3 Å². The molecule has 0 saturated carbocycles. The summed E-state index contributed by atoms with van der Waals surface area (Å²) in [5.74, 6) is 0.0694. The lowest BCUT2D eigenvalue weighted by atomic mass is 9.90. The third-order valence-electron chi connectivity index (χ3n) is 4.78. The predicted octanol–water partition coefficient (Wildman–Crippen LogP) is 4.20. The van der Waals surface area contributed by atoms with E-state index < -0.39 is 11.6 Å². The van der Waals surface area contributed by atoms with Gasteiger partial charge in [-0.2, -0.15) is 0 Å². The van der Waals surface area contributed by atoms with E-state index in [1.165, 1.54) is 23.4 Å². The van der Waals surface area contributed by atoms with E-state index in [2.05, 4.69) is 18.4 Å². The summed E-state index contributed by atoms with van der Waals surface area (Å²) in [6.07, 6.45) is 0.857. The number of hydrogen-bond acceptors (Lipinski definition) is 2. The first-order valence-electron chi connectivity index (χ1n) is 8.75. The molecule has 0 amide bonds. The molecule has 0 spiro atoms. The molecule has 2 aromatic rings. The molecule has 0 bridgehead atoms. The minimum Gasteiger partial charge on any atom is -0.493 e. The van der Waals surface area contributed by atoms with Crippen molar-refractivity contribution in [2.24, 2.45) is 5.92 Å². The van der Waals surface area contributed by atoms with Crippen LogP contribution in [0.2, 0.25) is 0 Å². The van der Waals surface area contributed by atoms with E-state index in [0.717, 1.165) is 29.8 Å². The Morgan fingerprint density at radius 2 is 1.69 bits per heavy atom. The van der Waals surface area contributed by atoms with E-state index in [4.69, 9.17) is 9.47 Å². The van der Waals surface area contributed by atoms with Crippen LogP contribution in [0.1, 0.15) is 30.5 Å².